The normalized spacial score (nSPS) is 17.3. The molecule has 2 aromatic rings. The summed E-state index contributed by atoms with van der Waals surface area (Å²) in [4.78, 5) is 4.98. The third kappa shape index (κ3) is 3.07. The molecule has 3 rings (SSSR count). The molecule has 3 heteroatoms. The van der Waals surface area contributed by atoms with Gasteiger partial charge in [0.15, 0.2) is 0 Å². The molecule has 0 atom stereocenters. The van der Waals surface area contributed by atoms with Gasteiger partial charge in [-0.15, -0.1) is 0 Å². The highest BCUT2D eigenvalue weighted by Crippen LogP contribution is 2.37. The summed E-state index contributed by atoms with van der Waals surface area (Å²) in [6.45, 7) is 8.77. The van der Waals surface area contributed by atoms with Crippen LogP contribution in [0.4, 0.5) is 5.82 Å². The van der Waals surface area contributed by atoms with Crippen molar-refractivity contribution in [1.29, 1.82) is 0 Å². The van der Waals surface area contributed by atoms with E-state index >= 15 is 0 Å². The highest BCUT2D eigenvalue weighted by Gasteiger charge is 2.25. The summed E-state index contributed by atoms with van der Waals surface area (Å²) < 4.78 is 2.22. The minimum Gasteiger partial charge on any atom is -0.365 e. The Morgan fingerprint density at radius 1 is 1.19 bits per heavy atom. The van der Waals surface area contributed by atoms with Gasteiger partial charge in [-0.25, -0.2) is 4.98 Å². The Kier molecular flexibility index (Phi) is 3.68. The summed E-state index contributed by atoms with van der Waals surface area (Å²) in [7, 11) is 0. The second-order valence-electron chi connectivity index (χ2n) is 7.49. The van der Waals surface area contributed by atoms with Crippen LogP contribution in [0.5, 0.6) is 0 Å². The number of hydrogen-bond donors (Lipinski definition) is 1. The van der Waals surface area contributed by atoms with E-state index in [4.69, 9.17) is 4.98 Å². The van der Waals surface area contributed by atoms with Crippen LogP contribution in [-0.2, 0) is 0 Å². The van der Waals surface area contributed by atoms with Crippen molar-refractivity contribution in [2.75, 3.05) is 5.32 Å². The van der Waals surface area contributed by atoms with E-state index in [2.05, 4.69) is 55.7 Å². The predicted octanol–water partition coefficient (Wildman–Crippen LogP) is 4.90. The lowest BCUT2D eigenvalue weighted by Gasteiger charge is -2.26. The van der Waals surface area contributed by atoms with Crippen LogP contribution in [0.3, 0.4) is 0 Å². The number of pyridine rings is 1. The van der Waals surface area contributed by atoms with E-state index in [9.17, 15) is 0 Å². The standard InChI is InChI=1S/C18H27N3/c1-13-10-11-21-15(12-13)19-16(14-8-6-5-7-9-14)17(21)20-18(2,3)4/h10-12,14,20H,5-9H2,1-4H3. The summed E-state index contributed by atoms with van der Waals surface area (Å²) >= 11 is 0. The first-order valence-electron chi connectivity index (χ1n) is 8.21. The molecule has 2 heterocycles. The lowest BCUT2D eigenvalue weighted by molar-refractivity contribution is 0.438. The summed E-state index contributed by atoms with van der Waals surface area (Å²) in [6, 6.07) is 4.34. The SMILES string of the molecule is Cc1ccn2c(NC(C)(C)C)c(C3CCCCC3)nc2c1. The molecule has 0 radical (unpaired) electrons. The molecule has 1 aliphatic carbocycles. The zero-order valence-electron chi connectivity index (χ0n) is 13.7. The Morgan fingerprint density at radius 2 is 1.90 bits per heavy atom. The van der Waals surface area contributed by atoms with Gasteiger partial charge in [0.05, 0.1) is 5.69 Å². The molecule has 0 aromatic carbocycles. The zero-order valence-corrected chi connectivity index (χ0v) is 13.7. The van der Waals surface area contributed by atoms with Crippen molar-refractivity contribution in [2.45, 2.75) is 71.3 Å². The lowest BCUT2D eigenvalue weighted by atomic mass is 9.87. The highest BCUT2D eigenvalue weighted by molar-refractivity contribution is 5.58. The number of imidazole rings is 1. The number of hydrogen-bond acceptors (Lipinski definition) is 2. The first kappa shape index (κ1) is 14.4. The molecule has 21 heavy (non-hydrogen) atoms. The van der Waals surface area contributed by atoms with Crippen LogP contribution in [0.25, 0.3) is 5.65 Å². The van der Waals surface area contributed by atoms with Crippen molar-refractivity contribution in [3.05, 3.63) is 29.6 Å². The van der Waals surface area contributed by atoms with Crippen LogP contribution in [0.15, 0.2) is 18.3 Å². The Hall–Kier alpha value is -1.51. The molecular weight excluding hydrogens is 258 g/mol. The number of aromatic nitrogens is 2. The number of aryl methyl sites for hydroxylation is 1. The fraction of sp³-hybridized carbons (Fsp3) is 0.611. The lowest BCUT2D eigenvalue weighted by Crippen LogP contribution is -2.28. The average molecular weight is 285 g/mol. The molecule has 0 bridgehead atoms. The van der Waals surface area contributed by atoms with Gasteiger partial charge in [-0.2, -0.15) is 0 Å². The van der Waals surface area contributed by atoms with Gasteiger partial charge >= 0.3 is 0 Å². The van der Waals surface area contributed by atoms with Gasteiger partial charge in [-0.05, 0) is 58.2 Å². The number of anilines is 1. The Morgan fingerprint density at radius 3 is 2.57 bits per heavy atom. The Labute approximate surface area is 127 Å². The van der Waals surface area contributed by atoms with E-state index in [1.165, 1.54) is 49.2 Å². The topological polar surface area (TPSA) is 29.3 Å². The number of nitrogens with zero attached hydrogens (tertiary/aromatic N) is 2. The second kappa shape index (κ2) is 5.36. The van der Waals surface area contributed by atoms with Gasteiger partial charge in [-0.1, -0.05) is 19.3 Å². The van der Waals surface area contributed by atoms with Crippen molar-refractivity contribution in [2.24, 2.45) is 0 Å². The van der Waals surface area contributed by atoms with Gasteiger partial charge in [-0.3, -0.25) is 4.40 Å². The third-order valence-corrected chi connectivity index (χ3v) is 4.29. The second-order valence-corrected chi connectivity index (χ2v) is 7.49. The highest BCUT2D eigenvalue weighted by atomic mass is 15.2. The van der Waals surface area contributed by atoms with Gasteiger partial charge in [0.1, 0.15) is 11.5 Å². The quantitative estimate of drug-likeness (QED) is 0.850. The van der Waals surface area contributed by atoms with E-state index < -0.39 is 0 Å². The largest absolute Gasteiger partial charge is 0.365 e. The van der Waals surface area contributed by atoms with Crippen molar-refractivity contribution in [1.82, 2.24) is 9.38 Å². The fourth-order valence-corrected chi connectivity index (χ4v) is 3.30. The molecule has 3 nitrogen and oxygen atoms in total. The monoisotopic (exact) mass is 285 g/mol. The van der Waals surface area contributed by atoms with Gasteiger partial charge in [0.25, 0.3) is 0 Å². The summed E-state index contributed by atoms with van der Waals surface area (Å²) in [5.74, 6) is 1.81. The van der Waals surface area contributed by atoms with E-state index in [1.54, 1.807) is 0 Å². The number of rotatable bonds is 2. The number of fused-ring (bicyclic) bond motifs is 1. The first-order valence-corrected chi connectivity index (χ1v) is 8.21. The maximum Gasteiger partial charge on any atom is 0.138 e. The zero-order chi connectivity index (χ0) is 15.0. The van der Waals surface area contributed by atoms with E-state index in [0.29, 0.717) is 5.92 Å². The first-order chi connectivity index (χ1) is 9.94. The molecule has 2 aromatic heterocycles. The molecule has 1 aliphatic rings. The van der Waals surface area contributed by atoms with Crippen LogP contribution in [-0.4, -0.2) is 14.9 Å². The predicted molar refractivity (Wildman–Crippen MR) is 89.1 cm³/mol. The van der Waals surface area contributed by atoms with Crippen molar-refractivity contribution >= 4 is 11.5 Å². The minimum atomic E-state index is 0.0459. The minimum absolute atomic E-state index is 0.0459. The molecule has 1 N–H and O–H groups in total. The van der Waals surface area contributed by atoms with Gasteiger partial charge in [0, 0.05) is 17.7 Å². The number of nitrogens with one attached hydrogen (secondary N) is 1. The average Bonchev–Trinajstić information content (AvgIpc) is 2.76. The Bertz CT molecular complexity index is 628. The molecule has 0 aliphatic heterocycles. The van der Waals surface area contributed by atoms with Crippen LogP contribution in [0.1, 0.15) is 70.1 Å². The van der Waals surface area contributed by atoms with Crippen molar-refractivity contribution < 1.29 is 0 Å². The van der Waals surface area contributed by atoms with Gasteiger partial charge < -0.3 is 5.32 Å². The smallest absolute Gasteiger partial charge is 0.138 e. The van der Waals surface area contributed by atoms with E-state index in [1.807, 2.05) is 0 Å². The molecule has 0 unspecified atom stereocenters. The molecule has 0 saturated heterocycles. The summed E-state index contributed by atoms with van der Waals surface area (Å²) in [5.41, 5.74) is 3.66. The van der Waals surface area contributed by atoms with Crippen molar-refractivity contribution in [3.8, 4) is 0 Å². The summed E-state index contributed by atoms with van der Waals surface area (Å²) in [5, 5.41) is 3.69. The van der Waals surface area contributed by atoms with E-state index in [0.717, 1.165) is 5.65 Å². The van der Waals surface area contributed by atoms with E-state index in [-0.39, 0.29) is 5.54 Å². The molecule has 114 valence electrons. The maximum absolute atomic E-state index is 4.98. The van der Waals surface area contributed by atoms with Crippen LogP contribution < -0.4 is 5.32 Å². The van der Waals surface area contributed by atoms with Crippen molar-refractivity contribution in [3.63, 3.8) is 0 Å². The van der Waals surface area contributed by atoms with Gasteiger partial charge in [0.2, 0.25) is 0 Å². The Balaban J connectivity index is 2.09. The maximum atomic E-state index is 4.98. The third-order valence-electron chi connectivity index (χ3n) is 4.29. The molecule has 1 fully saturated rings. The van der Waals surface area contributed by atoms with Crippen LogP contribution in [0, 0.1) is 6.92 Å². The molecule has 1 saturated carbocycles. The molecule has 0 spiro atoms. The fourth-order valence-electron chi connectivity index (χ4n) is 3.30. The molecule has 0 amide bonds. The van der Waals surface area contributed by atoms with Crippen LogP contribution >= 0.6 is 0 Å². The van der Waals surface area contributed by atoms with Crippen LogP contribution in [0.2, 0.25) is 0 Å². The molecular formula is C18H27N3. The summed E-state index contributed by atoms with van der Waals surface area (Å²) in [6.07, 6.45) is 8.77.